The number of rotatable bonds is 10. The number of hydrogen-bond donors (Lipinski definition) is 0. The Kier molecular flexibility index (Phi) is 9.50. The van der Waals surface area contributed by atoms with Crippen LogP contribution in [-0.2, 0) is 20.7 Å². The Morgan fingerprint density at radius 2 is 0.457 bits per heavy atom. The van der Waals surface area contributed by atoms with E-state index in [-0.39, 0.29) is 0 Å². The Morgan fingerprint density at radius 3 is 0.674 bits per heavy atom. The molecule has 46 heavy (non-hydrogen) atoms. The summed E-state index contributed by atoms with van der Waals surface area (Å²) in [4.78, 5) is 1.07. The van der Waals surface area contributed by atoms with E-state index in [0.717, 1.165) is 4.89 Å². The monoisotopic (exact) mass is 723 g/mol. The first kappa shape index (κ1) is 30.7. The molecule has 7 aromatic carbocycles. The van der Waals surface area contributed by atoms with Crippen LogP contribution in [0.1, 0.15) is 5.56 Å². The predicted octanol–water partition coefficient (Wildman–Crippen LogP) is 8.09. The fraction of sp³-hybridized carbons (Fsp3) is 0.0233. The summed E-state index contributed by atoms with van der Waals surface area (Å²) in [6.45, 7) is 0. The topological polar surface area (TPSA) is 0 Å². The van der Waals surface area contributed by atoms with Crippen LogP contribution in [0.4, 0.5) is 0 Å². The fourth-order valence-corrected chi connectivity index (χ4v) is 52.5. The first-order chi connectivity index (χ1) is 22.8. The zero-order chi connectivity index (χ0) is 31.1. The van der Waals surface area contributed by atoms with Crippen LogP contribution >= 0.6 is 10.9 Å². The van der Waals surface area contributed by atoms with Gasteiger partial charge in [-0.2, -0.15) is 0 Å². The number of benzene rings is 7. The van der Waals surface area contributed by atoms with Gasteiger partial charge in [-0.3, -0.25) is 0 Å². The van der Waals surface area contributed by atoms with Crippen molar-refractivity contribution in [2.75, 3.05) is 0 Å². The summed E-state index contributed by atoms with van der Waals surface area (Å²) in [5.74, 6) is 0. The van der Waals surface area contributed by atoms with Gasteiger partial charge >= 0.3 is 281 Å². The zero-order valence-electron chi connectivity index (χ0n) is 25.7. The quantitative estimate of drug-likeness (QED) is 0.0990. The van der Waals surface area contributed by atoms with Gasteiger partial charge in [-0.1, -0.05) is 0 Å². The standard InChI is InChI=1S/2C18H15P.C7H7.Pd/c2*1-4-10-16(11-5-1)19(17-12-6-2-7-13-17)18-14-8-3-9-15-18;1-7-5-3-2-4-6-7;/h2*1-15H;2-6H,1H2;/q;;;-2/p+2. The molecule has 0 aliphatic heterocycles. The van der Waals surface area contributed by atoms with Gasteiger partial charge in [0, 0.05) is 0 Å². The maximum atomic E-state index is 2.45. The van der Waals surface area contributed by atoms with Crippen molar-refractivity contribution in [3.05, 3.63) is 218 Å². The Balaban J connectivity index is 1.73. The first-order valence-electron chi connectivity index (χ1n) is 15.8. The van der Waals surface area contributed by atoms with Gasteiger partial charge in [-0.15, -0.1) is 0 Å². The van der Waals surface area contributed by atoms with Gasteiger partial charge in [0.1, 0.15) is 0 Å². The van der Waals surface area contributed by atoms with Gasteiger partial charge in [-0.05, 0) is 0 Å². The molecule has 0 radical (unpaired) electrons. The third-order valence-corrected chi connectivity index (χ3v) is 43.7. The average molecular weight is 724 g/mol. The Bertz CT molecular complexity index is 1620. The van der Waals surface area contributed by atoms with E-state index < -0.39 is 26.7 Å². The zero-order valence-corrected chi connectivity index (χ0v) is 29.3. The van der Waals surface area contributed by atoms with Crippen molar-refractivity contribution < 1.29 is 15.8 Å². The molecule has 231 valence electrons. The molecular weight excluding hydrogens is 685 g/mol. The molecule has 3 heteroatoms. The summed E-state index contributed by atoms with van der Waals surface area (Å²) >= 11 is -1.67. The summed E-state index contributed by atoms with van der Waals surface area (Å²) < 4.78 is 0. The second kappa shape index (κ2) is 14.2. The van der Waals surface area contributed by atoms with Crippen LogP contribution in [0.5, 0.6) is 0 Å². The Hall–Kier alpha value is -3.94. The molecule has 0 aromatic heterocycles. The van der Waals surface area contributed by atoms with E-state index in [1.807, 2.05) is 0 Å². The molecule has 0 bridgehead atoms. The summed E-state index contributed by atoms with van der Waals surface area (Å²) in [6.07, 6.45) is 0. The van der Waals surface area contributed by atoms with Crippen molar-refractivity contribution in [3.8, 4) is 0 Å². The summed E-state index contributed by atoms with van der Waals surface area (Å²) in [5, 5.41) is 9.02. The maximum absolute atomic E-state index is 2.74. The van der Waals surface area contributed by atoms with Gasteiger partial charge < -0.3 is 0 Å². The van der Waals surface area contributed by atoms with Crippen molar-refractivity contribution in [2.45, 2.75) is 4.89 Å². The molecule has 0 saturated carbocycles. The summed E-state index contributed by atoms with van der Waals surface area (Å²) in [7, 11) is 0. The number of hydrogen-bond acceptors (Lipinski definition) is 0. The van der Waals surface area contributed by atoms with E-state index >= 15 is 0 Å². The molecule has 0 aliphatic carbocycles. The summed E-state index contributed by atoms with van der Waals surface area (Å²) in [5.41, 5.74) is -4.05. The molecule has 0 fully saturated rings. The van der Waals surface area contributed by atoms with Crippen molar-refractivity contribution >= 4 is 42.7 Å². The molecule has 0 nitrogen and oxygen atoms in total. The van der Waals surface area contributed by atoms with Crippen LogP contribution in [-0.4, -0.2) is 0 Å². The van der Waals surface area contributed by atoms with Gasteiger partial charge in [0.2, 0.25) is 0 Å². The van der Waals surface area contributed by atoms with E-state index in [9.17, 15) is 0 Å². The van der Waals surface area contributed by atoms with E-state index in [1.165, 1.54) is 37.4 Å². The molecule has 7 aromatic rings. The third-order valence-electron chi connectivity index (χ3n) is 8.58. The van der Waals surface area contributed by atoms with Gasteiger partial charge in [0.15, 0.2) is 0 Å². The third kappa shape index (κ3) is 5.65. The van der Waals surface area contributed by atoms with Crippen molar-refractivity contribution in [1.82, 2.24) is 0 Å². The van der Waals surface area contributed by atoms with Crippen LogP contribution in [0.2, 0.25) is 0 Å². The molecule has 0 atom stereocenters. The normalized spacial score (nSPS) is 12.7. The fourth-order valence-electron chi connectivity index (χ4n) is 6.63. The molecule has 0 aliphatic rings. The van der Waals surface area contributed by atoms with Crippen molar-refractivity contribution in [2.24, 2.45) is 0 Å². The van der Waals surface area contributed by atoms with Crippen molar-refractivity contribution in [1.29, 1.82) is 0 Å². The molecule has 0 spiro atoms. The minimum absolute atomic E-state index is 1.07. The van der Waals surface area contributed by atoms with Crippen LogP contribution in [0, 0.1) is 0 Å². The Morgan fingerprint density at radius 1 is 0.261 bits per heavy atom. The molecule has 0 amide bonds. The minimum atomic E-state index is -2.74. The van der Waals surface area contributed by atoms with E-state index in [0.29, 0.717) is 0 Å². The van der Waals surface area contributed by atoms with Crippen LogP contribution in [0.25, 0.3) is 0 Å². The van der Waals surface area contributed by atoms with Gasteiger partial charge in [0.05, 0.1) is 0 Å². The summed E-state index contributed by atoms with van der Waals surface area (Å²) in [6, 6.07) is 81.1. The predicted molar refractivity (Wildman–Crippen MR) is 203 cm³/mol. The van der Waals surface area contributed by atoms with Gasteiger partial charge in [-0.25, -0.2) is 0 Å². The first-order valence-corrected chi connectivity index (χ1v) is 25.2. The average Bonchev–Trinajstić information content (AvgIpc) is 3.15. The van der Waals surface area contributed by atoms with E-state index in [1.54, 1.807) is 0 Å². The molecule has 0 saturated heterocycles. The SMILES string of the molecule is c1ccc([CH2][Pd]([PH](c2ccccc2)(c2ccccc2)c2ccccc2)[PH](c2ccccc2)(c2ccccc2)c2ccccc2)cc1. The van der Waals surface area contributed by atoms with Crippen LogP contribution in [0.15, 0.2) is 212 Å². The van der Waals surface area contributed by atoms with Gasteiger partial charge in [0.25, 0.3) is 0 Å². The van der Waals surface area contributed by atoms with Crippen molar-refractivity contribution in [3.63, 3.8) is 0 Å². The molecule has 0 unspecified atom stereocenters. The molecular formula is C43H39P2Pd. The Labute approximate surface area is 279 Å². The molecule has 7 rings (SSSR count). The molecule has 0 heterocycles. The molecule has 0 N–H and O–H groups in total. The van der Waals surface area contributed by atoms with E-state index in [4.69, 9.17) is 0 Å². The van der Waals surface area contributed by atoms with Crippen LogP contribution < -0.4 is 31.8 Å². The second-order valence-electron chi connectivity index (χ2n) is 11.3. The second-order valence-corrected chi connectivity index (χ2v) is 32.7. The van der Waals surface area contributed by atoms with Crippen LogP contribution in [0.3, 0.4) is 0 Å². The van der Waals surface area contributed by atoms with E-state index in [2.05, 4.69) is 212 Å².